The van der Waals surface area contributed by atoms with Crippen molar-refractivity contribution in [3.05, 3.63) is 43.8 Å². The molecule has 0 aliphatic rings. The van der Waals surface area contributed by atoms with Crippen LogP contribution in [0.25, 0.3) is 0 Å². The fourth-order valence-electron chi connectivity index (χ4n) is 1.23. The molecule has 2 aromatic rings. The van der Waals surface area contributed by atoms with Gasteiger partial charge in [-0.15, -0.1) is 0 Å². The van der Waals surface area contributed by atoms with E-state index in [4.69, 9.17) is 0 Å². The third-order valence-corrected chi connectivity index (χ3v) is 3.78. The molecule has 0 aliphatic heterocycles. The molecule has 2 rings (SSSR count). The smallest absolute Gasteiger partial charge is 0.263 e. The molecule has 0 saturated carbocycles. The van der Waals surface area contributed by atoms with Gasteiger partial charge in [-0.25, -0.2) is 13.8 Å². The number of rotatable bonds is 2. The van der Waals surface area contributed by atoms with Gasteiger partial charge >= 0.3 is 0 Å². The second-order valence-corrected chi connectivity index (χ2v) is 6.49. The van der Waals surface area contributed by atoms with Crippen LogP contribution in [0.1, 0.15) is 10.4 Å². The van der Waals surface area contributed by atoms with Crippen molar-refractivity contribution in [1.82, 2.24) is 4.98 Å². The van der Waals surface area contributed by atoms with Gasteiger partial charge in [-0.1, -0.05) is 27.3 Å². The SMILES string of the molecule is O=C(Nc1ncc(Br)s1)c1c(F)cc(Br)cc1F. The molecule has 0 atom stereocenters. The monoisotopic (exact) mass is 396 g/mol. The lowest BCUT2D eigenvalue weighted by Gasteiger charge is -2.05. The Hall–Kier alpha value is -0.860. The largest absolute Gasteiger partial charge is 0.298 e. The number of carbonyl (C=O) groups is 1. The van der Waals surface area contributed by atoms with Crippen LogP contribution < -0.4 is 5.32 Å². The van der Waals surface area contributed by atoms with Crippen LogP contribution in [-0.2, 0) is 0 Å². The number of nitrogens with zero attached hydrogens (tertiary/aromatic N) is 1. The van der Waals surface area contributed by atoms with E-state index in [2.05, 4.69) is 42.2 Å². The number of thiazole rings is 1. The van der Waals surface area contributed by atoms with E-state index in [1.165, 1.54) is 6.20 Å². The van der Waals surface area contributed by atoms with E-state index in [1.54, 1.807) is 0 Å². The van der Waals surface area contributed by atoms with Crippen LogP contribution in [0.2, 0.25) is 0 Å². The molecule has 0 saturated heterocycles. The van der Waals surface area contributed by atoms with Crippen LogP contribution in [0.15, 0.2) is 26.6 Å². The number of anilines is 1. The molecule has 0 unspecified atom stereocenters. The van der Waals surface area contributed by atoms with Crippen molar-refractivity contribution < 1.29 is 13.6 Å². The second-order valence-electron chi connectivity index (χ2n) is 3.17. The molecule has 1 heterocycles. The summed E-state index contributed by atoms with van der Waals surface area (Å²) in [6.07, 6.45) is 1.48. The summed E-state index contributed by atoms with van der Waals surface area (Å²) in [7, 11) is 0. The molecule has 1 N–H and O–H groups in total. The number of amides is 1. The molecule has 0 fully saturated rings. The Bertz CT molecular complexity index is 595. The standard InChI is InChI=1S/C10H4Br2F2N2OS/c11-4-1-5(13)8(6(14)2-4)9(17)16-10-15-3-7(12)18-10/h1-3H,(H,15,16,17). The molecule has 3 nitrogen and oxygen atoms in total. The van der Waals surface area contributed by atoms with Crippen LogP contribution in [-0.4, -0.2) is 10.9 Å². The summed E-state index contributed by atoms with van der Waals surface area (Å²) in [4.78, 5) is 15.6. The van der Waals surface area contributed by atoms with E-state index < -0.39 is 23.1 Å². The predicted molar refractivity (Wildman–Crippen MR) is 71.8 cm³/mol. The van der Waals surface area contributed by atoms with Crippen molar-refractivity contribution in [2.24, 2.45) is 0 Å². The quantitative estimate of drug-likeness (QED) is 0.825. The van der Waals surface area contributed by atoms with Crippen molar-refractivity contribution in [2.75, 3.05) is 5.32 Å². The van der Waals surface area contributed by atoms with Gasteiger partial charge in [0.1, 0.15) is 17.2 Å². The molecule has 0 spiro atoms. The Morgan fingerprint density at radius 2 is 1.89 bits per heavy atom. The number of halogens is 4. The van der Waals surface area contributed by atoms with E-state index in [0.717, 1.165) is 23.5 Å². The van der Waals surface area contributed by atoms with E-state index in [0.29, 0.717) is 3.79 Å². The molecule has 1 aromatic carbocycles. The Kier molecular flexibility index (Phi) is 4.08. The van der Waals surface area contributed by atoms with Gasteiger partial charge in [0.05, 0.1) is 9.98 Å². The summed E-state index contributed by atoms with van der Waals surface area (Å²) >= 11 is 7.25. The third-order valence-electron chi connectivity index (χ3n) is 1.93. The molecule has 94 valence electrons. The van der Waals surface area contributed by atoms with Crippen LogP contribution in [0.3, 0.4) is 0 Å². The minimum atomic E-state index is -0.935. The first-order chi connectivity index (χ1) is 8.47. The van der Waals surface area contributed by atoms with Crippen molar-refractivity contribution in [1.29, 1.82) is 0 Å². The summed E-state index contributed by atoms with van der Waals surface area (Å²) in [5.41, 5.74) is -0.635. The molecule has 0 bridgehead atoms. The fourth-order valence-corrected chi connectivity index (χ4v) is 2.73. The second kappa shape index (κ2) is 5.41. The number of hydrogen-bond donors (Lipinski definition) is 1. The molecule has 8 heteroatoms. The lowest BCUT2D eigenvalue weighted by atomic mass is 10.2. The number of hydrogen-bond acceptors (Lipinski definition) is 3. The van der Waals surface area contributed by atoms with E-state index in [9.17, 15) is 13.6 Å². The molecular formula is C10H4Br2F2N2OS. The van der Waals surface area contributed by atoms with Gasteiger partial charge < -0.3 is 0 Å². The molecule has 1 amide bonds. The maximum atomic E-state index is 13.5. The third kappa shape index (κ3) is 2.93. The summed E-state index contributed by atoms with van der Waals surface area (Å²) < 4.78 is 28.0. The first kappa shape index (κ1) is 13.6. The molecule has 1 aromatic heterocycles. The zero-order chi connectivity index (χ0) is 13.3. The highest BCUT2D eigenvalue weighted by Crippen LogP contribution is 2.25. The van der Waals surface area contributed by atoms with Crippen LogP contribution in [0.4, 0.5) is 13.9 Å². The average molecular weight is 398 g/mol. The van der Waals surface area contributed by atoms with E-state index >= 15 is 0 Å². The Morgan fingerprint density at radius 1 is 1.28 bits per heavy atom. The van der Waals surface area contributed by atoms with E-state index in [-0.39, 0.29) is 9.60 Å². The van der Waals surface area contributed by atoms with Gasteiger partial charge in [0.15, 0.2) is 5.13 Å². The molecule has 0 radical (unpaired) electrons. The minimum Gasteiger partial charge on any atom is -0.298 e. The topological polar surface area (TPSA) is 42.0 Å². The number of carbonyl (C=O) groups excluding carboxylic acids is 1. The predicted octanol–water partition coefficient (Wildman–Crippen LogP) is 4.20. The zero-order valence-electron chi connectivity index (χ0n) is 8.51. The Labute approximate surface area is 121 Å². The van der Waals surface area contributed by atoms with Crippen LogP contribution in [0.5, 0.6) is 0 Å². The van der Waals surface area contributed by atoms with Crippen molar-refractivity contribution >= 4 is 54.2 Å². The first-order valence-electron chi connectivity index (χ1n) is 4.54. The highest BCUT2D eigenvalue weighted by Gasteiger charge is 2.19. The number of aromatic nitrogens is 1. The first-order valence-corrected chi connectivity index (χ1v) is 6.95. The summed E-state index contributed by atoms with van der Waals surface area (Å²) in [6.45, 7) is 0. The maximum absolute atomic E-state index is 13.5. The fraction of sp³-hybridized carbons (Fsp3) is 0. The Balaban J connectivity index is 2.29. The molecule has 0 aliphatic carbocycles. The van der Waals surface area contributed by atoms with Crippen LogP contribution in [0, 0.1) is 11.6 Å². The van der Waals surface area contributed by atoms with Crippen molar-refractivity contribution in [2.45, 2.75) is 0 Å². The van der Waals surface area contributed by atoms with Crippen molar-refractivity contribution in [3.63, 3.8) is 0 Å². The Morgan fingerprint density at radius 3 is 2.39 bits per heavy atom. The van der Waals surface area contributed by atoms with Crippen molar-refractivity contribution in [3.8, 4) is 0 Å². The molecule has 18 heavy (non-hydrogen) atoms. The minimum absolute atomic E-state index is 0.228. The lowest BCUT2D eigenvalue weighted by Crippen LogP contribution is -2.15. The summed E-state index contributed by atoms with van der Waals surface area (Å²) in [6, 6.07) is 2.05. The highest BCUT2D eigenvalue weighted by molar-refractivity contribution is 9.11. The number of nitrogens with one attached hydrogen (secondary N) is 1. The lowest BCUT2D eigenvalue weighted by molar-refractivity contribution is 0.101. The summed E-state index contributed by atoms with van der Waals surface area (Å²) in [5.74, 6) is -2.75. The van der Waals surface area contributed by atoms with Gasteiger partial charge in [0, 0.05) is 4.47 Å². The highest BCUT2D eigenvalue weighted by atomic mass is 79.9. The summed E-state index contributed by atoms with van der Waals surface area (Å²) in [5, 5.41) is 2.58. The van der Waals surface area contributed by atoms with Gasteiger partial charge in [0.25, 0.3) is 5.91 Å². The zero-order valence-corrected chi connectivity index (χ0v) is 12.5. The number of benzene rings is 1. The molecular weight excluding hydrogens is 394 g/mol. The van der Waals surface area contributed by atoms with Gasteiger partial charge in [-0.3, -0.25) is 10.1 Å². The normalized spacial score (nSPS) is 10.4. The maximum Gasteiger partial charge on any atom is 0.263 e. The van der Waals surface area contributed by atoms with Crippen LogP contribution >= 0.6 is 43.2 Å². The van der Waals surface area contributed by atoms with Gasteiger partial charge in [0.2, 0.25) is 0 Å². The average Bonchev–Trinajstić information content (AvgIpc) is 2.62. The van der Waals surface area contributed by atoms with Gasteiger partial charge in [-0.2, -0.15) is 0 Å². The van der Waals surface area contributed by atoms with Gasteiger partial charge in [-0.05, 0) is 28.1 Å². The van der Waals surface area contributed by atoms with E-state index in [1.807, 2.05) is 0 Å².